The second-order valence-corrected chi connectivity index (χ2v) is 8.10. The van der Waals surface area contributed by atoms with E-state index in [1.807, 2.05) is 6.92 Å². The number of hydrogen-bond acceptors (Lipinski definition) is 5. The number of unbranched alkanes of at least 4 members (excludes halogenated alkanes) is 2. The van der Waals surface area contributed by atoms with Crippen LogP contribution in [0.5, 0.6) is 11.5 Å². The van der Waals surface area contributed by atoms with Crippen molar-refractivity contribution < 1.29 is 14.6 Å². The Kier molecular flexibility index (Phi) is 6.30. The number of allylic oxidation sites excluding steroid dienone is 3. The van der Waals surface area contributed by atoms with Gasteiger partial charge in [0.05, 0.1) is 5.56 Å². The van der Waals surface area contributed by atoms with Crippen molar-refractivity contribution in [1.82, 2.24) is 10.2 Å². The van der Waals surface area contributed by atoms with Crippen LogP contribution in [-0.2, 0) is 6.42 Å². The minimum Gasteiger partial charge on any atom is -0.507 e. The minimum absolute atomic E-state index is 0.0450. The maximum atomic E-state index is 11.5. The maximum Gasteiger partial charge on any atom is 0.434 e. The normalized spacial score (nSPS) is 19.2. The first-order chi connectivity index (χ1) is 13.8. The molecule has 0 saturated carbocycles. The fourth-order valence-corrected chi connectivity index (χ4v) is 4.30. The van der Waals surface area contributed by atoms with E-state index in [9.17, 15) is 15.0 Å². The molecule has 2 unspecified atom stereocenters. The number of H-pyrrole nitrogens is 1. The zero-order chi connectivity index (χ0) is 21.1. The lowest BCUT2D eigenvalue weighted by atomic mass is 9.73. The van der Waals surface area contributed by atoms with Crippen molar-refractivity contribution >= 4 is 0 Å². The van der Waals surface area contributed by atoms with E-state index in [1.165, 1.54) is 5.57 Å². The predicted molar refractivity (Wildman–Crippen MR) is 113 cm³/mol. The van der Waals surface area contributed by atoms with Crippen molar-refractivity contribution in [2.75, 3.05) is 0 Å². The Morgan fingerprint density at radius 3 is 2.76 bits per heavy atom. The molecule has 2 aromatic rings. The van der Waals surface area contributed by atoms with Crippen LogP contribution in [0.15, 0.2) is 39.1 Å². The Morgan fingerprint density at radius 1 is 1.38 bits per heavy atom. The summed E-state index contributed by atoms with van der Waals surface area (Å²) in [5, 5.41) is 28.4. The molecule has 0 amide bonds. The van der Waals surface area contributed by atoms with Gasteiger partial charge in [0.25, 0.3) is 5.89 Å². The molecule has 2 atom stereocenters. The highest BCUT2D eigenvalue weighted by atomic mass is 16.4. The van der Waals surface area contributed by atoms with Crippen molar-refractivity contribution in [1.29, 1.82) is 0 Å². The number of nitrogens with one attached hydrogen (secondary N) is 1. The smallest absolute Gasteiger partial charge is 0.434 e. The Labute approximate surface area is 171 Å². The van der Waals surface area contributed by atoms with Gasteiger partial charge >= 0.3 is 5.76 Å². The summed E-state index contributed by atoms with van der Waals surface area (Å²) in [7, 11) is 0. The van der Waals surface area contributed by atoms with E-state index in [-0.39, 0.29) is 29.2 Å². The molecule has 1 aliphatic rings. The quantitative estimate of drug-likeness (QED) is 0.440. The molecule has 0 aliphatic heterocycles. The van der Waals surface area contributed by atoms with Crippen LogP contribution >= 0.6 is 0 Å². The minimum atomic E-state index is -0.679. The summed E-state index contributed by atoms with van der Waals surface area (Å²) in [5.74, 6) is -0.743. The van der Waals surface area contributed by atoms with Crippen molar-refractivity contribution in [3.05, 3.63) is 51.5 Å². The van der Waals surface area contributed by atoms with Gasteiger partial charge in [0, 0.05) is 11.5 Å². The van der Waals surface area contributed by atoms with Crippen molar-refractivity contribution in [3.63, 3.8) is 0 Å². The molecular weight excluding hydrogens is 368 g/mol. The van der Waals surface area contributed by atoms with Gasteiger partial charge in [-0.2, -0.15) is 0 Å². The highest BCUT2D eigenvalue weighted by molar-refractivity contribution is 5.73. The third kappa shape index (κ3) is 4.31. The summed E-state index contributed by atoms with van der Waals surface area (Å²) in [6, 6.07) is 1.68. The topological polar surface area (TPSA) is 99.4 Å². The van der Waals surface area contributed by atoms with Crippen LogP contribution in [0, 0.1) is 5.92 Å². The van der Waals surface area contributed by atoms with Gasteiger partial charge in [0.2, 0.25) is 0 Å². The van der Waals surface area contributed by atoms with E-state index in [2.05, 4.69) is 36.7 Å². The molecule has 29 heavy (non-hydrogen) atoms. The molecule has 156 valence electrons. The van der Waals surface area contributed by atoms with Crippen LogP contribution in [-0.4, -0.2) is 20.4 Å². The van der Waals surface area contributed by atoms with Crippen LogP contribution in [0.2, 0.25) is 0 Å². The van der Waals surface area contributed by atoms with E-state index in [1.54, 1.807) is 6.07 Å². The number of phenols is 2. The number of aromatic nitrogens is 2. The molecule has 1 aliphatic carbocycles. The lowest BCUT2D eigenvalue weighted by Gasteiger charge is -2.32. The zero-order valence-electron chi connectivity index (χ0n) is 17.4. The standard InChI is InChI=1S/C23H30N2O4/c1-5-6-7-8-15-12-18(26)20(17-11-14(4)9-10-16(17)13(2)3)21(27)19(15)22-24-25-23(28)29-22/h11-12,16-17,26-27H,2,5-10H2,1,3-4H3,(H,25,28). The predicted octanol–water partition coefficient (Wildman–Crippen LogP) is 5.19. The van der Waals surface area contributed by atoms with Crippen molar-refractivity contribution in [3.8, 4) is 23.0 Å². The molecule has 0 fully saturated rings. The van der Waals surface area contributed by atoms with Crippen molar-refractivity contribution in [2.45, 2.75) is 65.2 Å². The van der Waals surface area contributed by atoms with Gasteiger partial charge in [-0.15, -0.1) is 5.10 Å². The van der Waals surface area contributed by atoms with Crippen LogP contribution < -0.4 is 5.76 Å². The van der Waals surface area contributed by atoms with Gasteiger partial charge in [-0.25, -0.2) is 9.89 Å². The van der Waals surface area contributed by atoms with E-state index in [4.69, 9.17) is 4.42 Å². The summed E-state index contributed by atoms with van der Waals surface area (Å²) in [6.07, 6.45) is 7.58. The molecule has 6 heteroatoms. The van der Waals surface area contributed by atoms with Crippen LogP contribution in [0.4, 0.5) is 0 Å². The molecule has 3 N–H and O–H groups in total. The van der Waals surface area contributed by atoms with E-state index in [0.29, 0.717) is 17.5 Å². The monoisotopic (exact) mass is 398 g/mol. The number of nitrogens with zero attached hydrogens (tertiary/aromatic N) is 1. The second kappa shape index (κ2) is 8.72. The van der Waals surface area contributed by atoms with Crippen LogP contribution in [0.1, 0.15) is 69.9 Å². The average Bonchev–Trinajstić information content (AvgIpc) is 3.07. The fourth-order valence-electron chi connectivity index (χ4n) is 4.30. The number of aromatic amines is 1. The van der Waals surface area contributed by atoms with Gasteiger partial charge in [-0.05, 0) is 57.1 Å². The number of aryl methyl sites for hydroxylation is 1. The molecule has 0 bridgehead atoms. The highest BCUT2D eigenvalue weighted by Crippen LogP contribution is 2.50. The Balaban J connectivity index is 2.19. The SMILES string of the molecule is C=C(C)C1CCC(C)=CC1c1c(O)cc(CCCCC)c(-c2n[nH]c(=O)o2)c1O. The van der Waals surface area contributed by atoms with Gasteiger partial charge in [0.1, 0.15) is 11.5 Å². The number of benzene rings is 1. The molecule has 0 radical (unpaired) electrons. The summed E-state index contributed by atoms with van der Waals surface area (Å²) in [6.45, 7) is 10.3. The van der Waals surface area contributed by atoms with Crippen LogP contribution in [0.3, 0.4) is 0 Å². The molecule has 1 aromatic heterocycles. The second-order valence-electron chi connectivity index (χ2n) is 8.10. The molecule has 1 aromatic carbocycles. The molecule has 6 nitrogen and oxygen atoms in total. The first-order valence-electron chi connectivity index (χ1n) is 10.3. The number of rotatable bonds is 7. The first-order valence-corrected chi connectivity index (χ1v) is 10.3. The summed E-state index contributed by atoms with van der Waals surface area (Å²) in [5.41, 5.74) is 3.76. The Hall–Kier alpha value is -2.76. The van der Waals surface area contributed by atoms with Gasteiger partial charge in [0.15, 0.2) is 0 Å². The zero-order valence-corrected chi connectivity index (χ0v) is 17.4. The molecule has 3 rings (SSSR count). The highest BCUT2D eigenvalue weighted by Gasteiger charge is 2.32. The summed E-state index contributed by atoms with van der Waals surface area (Å²) >= 11 is 0. The summed E-state index contributed by atoms with van der Waals surface area (Å²) < 4.78 is 5.18. The average molecular weight is 399 g/mol. The van der Waals surface area contributed by atoms with Gasteiger partial charge in [-0.1, -0.05) is 43.6 Å². The number of aromatic hydroxyl groups is 2. The van der Waals surface area contributed by atoms with Crippen molar-refractivity contribution in [2.24, 2.45) is 5.92 Å². The number of phenolic OH excluding ortho intramolecular Hbond substituents is 2. The third-order valence-corrected chi connectivity index (χ3v) is 5.82. The largest absolute Gasteiger partial charge is 0.507 e. The molecule has 0 spiro atoms. The molecular formula is C23H30N2O4. The van der Waals surface area contributed by atoms with Crippen LogP contribution in [0.25, 0.3) is 11.5 Å². The lowest BCUT2D eigenvalue weighted by Crippen LogP contribution is -2.17. The molecule has 1 heterocycles. The lowest BCUT2D eigenvalue weighted by molar-refractivity contribution is 0.405. The Morgan fingerprint density at radius 2 is 2.14 bits per heavy atom. The maximum absolute atomic E-state index is 11.5. The Bertz CT molecular complexity index is 983. The fraction of sp³-hybridized carbons (Fsp3) is 0.478. The number of hydrogen-bond donors (Lipinski definition) is 3. The third-order valence-electron chi connectivity index (χ3n) is 5.82. The van der Waals surface area contributed by atoms with E-state index >= 15 is 0 Å². The summed E-state index contributed by atoms with van der Waals surface area (Å²) in [4.78, 5) is 11.5. The van der Waals surface area contributed by atoms with Gasteiger partial charge < -0.3 is 14.6 Å². The van der Waals surface area contributed by atoms with Gasteiger partial charge in [-0.3, -0.25) is 0 Å². The van der Waals surface area contributed by atoms with E-state index < -0.39 is 5.76 Å². The van der Waals surface area contributed by atoms with E-state index in [0.717, 1.165) is 43.2 Å². The molecule has 0 saturated heterocycles. The first kappa shape index (κ1) is 21.0.